The van der Waals surface area contributed by atoms with Gasteiger partial charge in [-0.1, -0.05) is 37.3 Å². The number of carbonyl (C=O) groups excluding carboxylic acids is 4. The van der Waals surface area contributed by atoms with Crippen LogP contribution in [0.4, 0.5) is 0 Å². The molecule has 4 aliphatic carbocycles. The number of morpholine rings is 1. The van der Waals surface area contributed by atoms with Crippen molar-refractivity contribution >= 4 is 24.2 Å². The van der Waals surface area contributed by atoms with E-state index in [-0.39, 0.29) is 90.7 Å². The summed E-state index contributed by atoms with van der Waals surface area (Å²) in [4.78, 5) is 52.0. The van der Waals surface area contributed by atoms with Crippen LogP contribution in [0, 0.1) is 34.5 Å². The summed E-state index contributed by atoms with van der Waals surface area (Å²) in [7, 11) is 2.10. The third-order valence-corrected chi connectivity index (χ3v) is 16.3. The molecule has 11 heteroatoms. The highest BCUT2D eigenvalue weighted by atomic mass is 16.6. The van der Waals surface area contributed by atoms with E-state index in [0.717, 1.165) is 43.2 Å². The monoisotopic (exact) mass is 732 g/mol. The van der Waals surface area contributed by atoms with Crippen LogP contribution in [0.2, 0.25) is 0 Å². The Morgan fingerprint density at radius 1 is 0.962 bits per heavy atom. The molecule has 0 unspecified atom stereocenters. The van der Waals surface area contributed by atoms with E-state index in [2.05, 4.69) is 14.0 Å². The third kappa shape index (κ3) is 5.34. The van der Waals surface area contributed by atoms with Crippen LogP contribution in [-0.4, -0.2) is 108 Å². The van der Waals surface area contributed by atoms with E-state index in [1.54, 1.807) is 6.08 Å². The van der Waals surface area contributed by atoms with Crippen LogP contribution in [0.25, 0.3) is 0 Å². The van der Waals surface area contributed by atoms with Gasteiger partial charge in [0.15, 0.2) is 6.54 Å². The van der Waals surface area contributed by atoms with Crippen molar-refractivity contribution in [3.05, 3.63) is 47.5 Å². The molecule has 0 radical (unpaired) electrons. The molecule has 4 heterocycles. The maximum atomic E-state index is 13.7. The van der Waals surface area contributed by atoms with Crippen molar-refractivity contribution in [2.75, 3.05) is 26.8 Å². The predicted molar refractivity (Wildman–Crippen MR) is 189 cm³/mol. The molecule has 2 bridgehead atoms. The molecule has 1 aromatic rings. The van der Waals surface area contributed by atoms with Crippen LogP contribution < -0.4 is 0 Å². The molecule has 0 spiro atoms. The zero-order valence-corrected chi connectivity index (χ0v) is 30.9. The Morgan fingerprint density at radius 2 is 1.72 bits per heavy atom. The summed E-state index contributed by atoms with van der Waals surface area (Å²) < 4.78 is 24.1. The summed E-state index contributed by atoms with van der Waals surface area (Å²) in [5.41, 5.74) is -0.0540. The molecule has 53 heavy (non-hydrogen) atoms. The molecule has 13 atom stereocenters. The second kappa shape index (κ2) is 12.7. The Bertz CT molecular complexity index is 1680. The fourth-order valence-corrected chi connectivity index (χ4v) is 13.5. The number of hydrogen-bond acceptors (Lipinski definition) is 10. The summed E-state index contributed by atoms with van der Waals surface area (Å²) in [5.74, 6) is -1.36. The molecule has 3 saturated heterocycles. The van der Waals surface area contributed by atoms with Crippen LogP contribution in [0.3, 0.4) is 0 Å². The molecule has 0 amide bonds. The van der Waals surface area contributed by atoms with Crippen molar-refractivity contribution in [2.45, 2.75) is 126 Å². The lowest BCUT2D eigenvalue weighted by molar-refractivity contribution is -0.949. The number of aldehydes is 1. The summed E-state index contributed by atoms with van der Waals surface area (Å²) in [6.45, 7) is 2.41. The minimum atomic E-state index is -0.895. The lowest BCUT2D eigenvalue weighted by atomic mass is 9.43. The van der Waals surface area contributed by atoms with Crippen LogP contribution in [-0.2, 0) is 38.1 Å². The van der Waals surface area contributed by atoms with Crippen molar-refractivity contribution in [3.63, 3.8) is 0 Å². The summed E-state index contributed by atoms with van der Waals surface area (Å²) in [6, 6.07) is 9.21. The lowest BCUT2D eigenvalue weighted by Crippen LogP contribution is -2.64. The number of cyclic esters (lactones) is 1. The number of esters is 3. The van der Waals surface area contributed by atoms with Gasteiger partial charge in [0.1, 0.15) is 55.3 Å². The number of epoxide rings is 1. The molecular weight excluding hydrogens is 678 g/mol. The fourth-order valence-electron chi connectivity index (χ4n) is 13.5. The van der Waals surface area contributed by atoms with E-state index in [9.17, 15) is 29.4 Å². The standard InChI is InChI=1S/C42H54NO10/c1-40-13-11-31-32(42(40,49)15-12-30(40)25-16-35(46)50-22-25)9-8-26-17-27(10-14-41(26,31)23-45)51-36(47)20-43(2)33-18-28(19-34(43)38-37(33)53-38)52-39(48)29(21-44)24-6-4-3-5-7-24/h3-7,16,23,26-34,37-38,44,49H,8-15,17-22H2,1-2H3/q+1/t26-,27+,28?,29+,30-,31+,32-,33+,34+,37+,38+,40-,41-,42+,43?/m1/s1. The number of aliphatic hydroxyl groups excluding tert-OH is 1. The van der Waals surface area contributed by atoms with E-state index in [1.165, 1.54) is 6.29 Å². The number of piperidine rings is 1. The maximum absolute atomic E-state index is 13.7. The summed E-state index contributed by atoms with van der Waals surface area (Å²) >= 11 is 0. The van der Waals surface area contributed by atoms with Crippen LogP contribution in [0.1, 0.15) is 89.0 Å². The number of benzene rings is 1. The number of quaternary nitrogens is 1. The first-order valence-corrected chi connectivity index (χ1v) is 20.1. The first kappa shape index (κ1) is 35.6. The number of ether oxygens (including phenoxy) is 4. The Hall–Kier alpha value is -3.12. The van der Waals surface area contributed by atoms with Crippen molar-refractivity contribution in [2.24, 2.45) is 34.5 Å². The number of nitrogens with zero attached hydrogens (tertiary/aromatic N) is 1. The molecule has 8 aliphatic rings. The molecule has 7 fully saturated rings. The van der Waals surface area contributed by atoms with Crippen LogP contribution in [0.5, 0.6) is 0 Å². The first-order chi connectivity index (χ1) is 25.4. The minimum Gasteiger partial charge on any atom is -0.461 e. The number of likely N-dealkylation sites (N-methyl/N-ethyl adjacent to an activating group) is 1. The lowest BCUT2D eigenvalue weighted by Gasteiger charge is -2.63. The van der Waals surface area contributed by atoms with Gasteiger partial charge in [-0.2, -0.15) is 0 Å². The first-order valence-electron chi connectivity index (χ1n) is 20.1. The number of rotatable bonds is 9. The number of hydrogen-bond donors (Lipinski definition) is 2. The van der Waals surface area contributed by atoms with Gasteiger partial charge >= 0.3 is 17.9 Å². The minimum absolute atomic E-state index is 0.00805. The van der Waals surface area contributed by atoms with Crippen molar-refractivity contribution in [3.8, 4) is 0 Å². The molecule has 11 nitrogen and oxygen atoms in total. The highest BCUT2D eigenvalue weighted by molar-refractivity contribution is 5.85. The highest BCUT2D eigenvalue weighted by Crippen LogP contribution is 2.69. The SMILES string of the molecule is C[C@]12CC[C@H]3[C@@H](CC[C@@H]4C[C@@H](OC(=O)C[N+]5(C)[C@H]6CC(OC(=O)[C@@H](CO)c7ccccc7)C[C@H]5[C@@H]5O[C@H]56)CC[C@@]43C=O)[C@@]1(O)CC[C@@H]2C1=CC(=O)OC1. The van der Waals surface area contributed by atoms with E-state index in [0.29, 0.717) is 49.6 Å². The zero-order chi connectivity index (χ0) is 36.9. The fraction of sp³-hybridized carbons (Fsp3) is 0.714. The Balaban J connectivity index is 0.830. The Kier molecular flexibility index (Phi) is 8.53. The highest BCUT2D eigenvalue weighted by Gasteiger charge is 2.73. The topological polar surface area (TPSA) is 149 Å². The second-order valence-electron chi connectivity index (χ2n) is 18.3. The van der Waals surface area contributed by atoms with Gasteiger partial charge < -0.3 is 38.4 Å². The normalized spacial score (nSPS) is 46.8. The average Bonchev–Trinajstić information content (AvgIpc) is 3.69. The van der Waals surface area contributed by atoms with Gasteiger partial charge in [0.2, 0.25) is 0 Å². The quantitative estimate of drug-likeness (QED) is 0.126. The van der Waals surface area contributed by atoms with Gasteiger partial charge in [-0.15, -0.1) is 0 Å². The molecule has 9 rings (SSSR count). The van der Waals surface area contributed by atoms with Gasteiger partial charge in [0.05, 0.1) is 19.3 Å². The maximum Gasteiger partial charge on any atom is 0.362 e. The van der Waals surface area contributed by atoms with E-state index in [4.69, 9.17) is 18.9 Å². The number of fused-ring (bicyclic) bond motifs is 10. The van der Waals surface area contributed by atoms with E-state index < -0.39 is 22.9 Å². The van der Waals surface area contributed by atoms with Crippen molar-refractivity contribution in [1.29, 1.82) is 0 Å². The molecule has 286 valence electrons. The van der Waals surface area contributed by atoms with Crippen molar-refractivity contribution < 1.29 is 52.8 Å². The summed E-state index contributed by atoms with van der Waals surface area (Å²) in [6.07, 6.45) is 10.3. The Morgan fingerprint density at radius 3 is 2.40 bits per heavy atom. The molecule has 4 aliphatic heterocycles. The van der Waals surface area contributed by atoms with Crippen molar-refractivity contribution in [1.82, 2.24) is 0 Å². The molecule has 1 aromatic carbocycles. The molecule has 2 N–H and O–H groups in total. The Labute approximate surface area is 310 Å². The molecule has 0 aromatic heterocycles. The van der Waals surface area contributed by atoms with Gasteiger partial charge in [-0.25, -0.2) is 9.59 Å². The van der Waals surface area contributed by atoms with Crippen LogP contribution in [0.15, 0.2) is 42.0 Å². The second-order valence-corrected chi connectivity index (χ2v) is 18.3. The smallest absolute Gasteiger partial charge is 0.362 e. The van der Waals surface area contributed by atoms with Gasteiger partial charge in [-0.05, 0) is 92.6 Å². The number of carbonyl (C=O) groups is 4. The number of aliphatic hydroxyl groups is 2. The van der Waals surface area contributed by atoms with Gasteiger partial charge in [0, 0.05) is 29.7 Å². The predicted octanol–water partition coefficient (Wildman–Crippen LogP) is 3.78. The van der Waals surface area contributed by atoms with E-state index >= 15 is 0 Å². The molecule has 4 saturated carbocycles. The van der Waals surface area contributed by atoms with Gasteiger partial charge in [0.25, 0.3) is 0 Å². The zero-order valence-electron chi connectivity index (χ0n) is 30.9. The van der Waals surface area contributed by atoms with Crippen LogP contribution >= 0.6 is 0 Å². The van der Waals surface area contributed by atoms with Gasteiger partial charge in [-0.3, -0.25) is 4.79 Å². The molecular formula is C42H54NO10+. The van der Waals surface area contributed by atoms with E-state index in [1.807, 2.05) is 30.3 Å². The largest absolute Gasteiger partial charge is 0.461 e. The summed E-state index contributed by atoms with van der Waals surface area (Å²) in [5, 5.41) is 22.5. The average molecular weight is 733 g/mol. The third-order valence-electron chi connectivity index (χ3n) is 16.3.